The zero-order chi connectivity index (χ0) is 17.6. The second-order valence-electron chi connectivity index (χ2n) is 5.25. The van der Waals surface area contributed by atoms with Crippen LogP contribution in [0.3, 0.4) is 0 Å². The number of aromatic amines is 1. The fourth-order valence-corrected chi connectivity index (χ4v) is 3.91. The largest absolute Gasteiger partial charge is 0.505 e. The molecule has 130 valence electrons. The van der Waals surface area contributed by atoms with Crippen molar-refractivity contribution in [2.24, 2.45) is 0 Å². The molecule has 0 amide bonds. The molecule has 5 unspecified atom stereocenters. The molecule has 1 saturated heterocycles. The molecule has 1 aliphatic heterocycles. The van der Waals surface area contributed by atoms with E-state index < -0.39 is 43.0 Å². The molecule has 1 fully saturated rings. The molecule has 13 heteroatoms. The number of anilines is 1. The van der Waals surface area contributed by atoms with Crippen LogP contribution in [-0.4, -0.2) is 54.1 Å². The summed E-state index contributed by atoms with van der Waals surface area (Å²) in [5.74, 6) is -0.207. The van der Waals surface area contributed by atoms with E-state index in [4.69, 9.17) is 15.4 Å². The Kier molecular flexibility index (Phi) is 4.51. The van der Waals surface area contributed by atoms with E-state index >= 15 is 0 Å². The summed E-state index contributed by atoms with van der Waals surface area (Å²) in [5.41, 5.74) is 4.83. The van der Waals surface area contributed by atoms with Gasteiger partial charge in [-0.15, -0.1) is 0 Å². The summed E-state index contributed by atoms with van der Waals surface area (Å²) in [5, 5.41) is 20.2. The second kappa shape index (κ2) is 6.31. The summed E-state index contributed by atoms with van der Waals surface area (Å²) in [7, 11) is -2.42. The summed E-state index contributed by atoms with van der Waals surface area (Å²) in [6, 6.07) is 0. The van der Waals surface area contributed by atoms with Crippen molar-refractivity contribution in [2.75, 3.05) is 11.9 Å². The van der Waals surface area contributed by atoms with E-state index in [0.29, 0.717) is 11.3 Å². The van der Waals surface area contributed by atoms with Crippen LogP contribution in [0, 0.1) is 0 Å². The number of H-pyrrole nitrogens is 1. The van der Waals surface area contributed by atoms with Crippen LogP contribution in [0.2, 0.25) is 0 Å². The summed E-state index contributed by atoms with van der Waals surface area (Å²) < 4.78 is 17.2. The molecule has 0 bridgehead atoms. The number of nitrogen functional groups attached to an aromatic ring is 1. The predicted octanol–water partition coefficient (Wildman–Crippen LogP) is -1.53. The second-order valence-corrected chi connectivity index (χ2v) is 7.37. The topological polar surface area (TPSA) is 181 Å². The van der Waals surface area contributed by atoms with Crippen molar-refractivity contribution < 1.29 is 24.4 Å². The fourth-order valence-electron chi connectivity index (χ4n) is 2.59. The maximum atomic E-state index is 12.2. The first kappa shape index (κ1) is 17.1. The van der Waals surface area contributed by atoms with Crippen LogP contribution < -0.4 is 16.2 Å². The molecule has 6 N–H and O–H groups in total. The monoisotopic (exact) mass is 377 g/mol. The molecule has 2 aromatic heterocycles. The van der Waals surface area contributed by atoms with Crippen LogP contribution in [0.25, 0.3) is 10.3 Å². The smallest absolute Gasteiger partial charge is 0.388 e. The first-order chi connectivity index (χ1) is 11.3. The van der Waals surface area contributed by atoms with E-state index in [-0.39, 0.29) is 28.9 Å². The third-order valence-corrected chi connectivity index (χ3v) is 5.27. The minimum atomic E-state index is -2.42. The van der Waals surface area contributed by atoms with Gasteiger partial charge in [-0.05, 0) is 4.57 Å². The van der Waals surface area contributed by atoms with Crippen molar-refractivity contribution >= 4 is 35.7 Å². The Bertz CT molecular complexity index is 908. The highest BCUT2D eigenvalue weighted by molar-refractivity contribution is 7.37. The number of fused-ring (bicyclic) bond motifs is 1. The summed E-state index contributed by atoms with van der Waals surface area (Å²) >= 11 is 0.610. The van der Waals surface area contributed by atoms with Crippen molar-refractivity contribution in [1.29, 1.82) is 0 Å². The van der Waals surface area contributed by atoms with E-state index in [0.717, 1.165) is 4.57 Å². The van der Waals surface area contributed by atoms with Gasteiger partial charge in [0, 0.05) is 6.42 Å². The molecule has 3 heterocycles. The Morgan fingerprint density at radius 1 is 1.38 bits per heavy atom. The van der Waals surface area contributed by atoms with E-state index in [1.165, 1.54) is 0 Å². The van der Waals surface area contributed by atoms with Gasteiger partial charge in [-0.3, -0.25) is 19.1 Å². The van der Waals surface area contributed by atoms with Gasteiger partial charge >= 0.3 is 12.9 Å². The molecule has 0 aromatic carbocycles. The van der Waals surface area contributed by atoms with Gasteiger partial charge in [-0.2, -0.15) is 9.88 Å². The highest BCUT2D eigenvalue weighted by atomic mass is 32.1. The number of thiazole rings is 1. The lowest BCUT2D eigenvalue weighted by atomic mass is 10.1. The SMILES string of the molecule is Nc1nc2c(sc(=O)n2C2OC(CC[P+](=O)O)C(O)C2O)c(=O)[nH]1. The van der Waals surface area contributed by atoms with Crippen LogP contribution in [0.1, 0.15) is 12.6 Å². The molecular formula is C11H14N4O7PS+. The van der Waals surface area contributed by atoms with Gasteiger partial charge in [0.1, 0.15) is 16.9 Å². The van der Waals surface area contributed by atoms with Crippen LogP contribution in [0.5, 0.6) is 0 Å². The summed E-state index contributed by atoms with van der Waals surface area (Å²) in [4.78, 5) is 38.4. The third-order valence-electron chi connectivity index (χ3n) is 3.69. The molecular weight excluding hydrogens is 363 g/mol. The lowest BCUT2D eigenvalue weighted by Crippen LogP contribution is -2.33. The average molecular weight is 377 g/mol. The van der Waals surface area contributed by atoms with E-state index in [1.807, 2.05) is 0 Å². The van der Waals surface area contributed by atoms with E-state index in [9.17, 15) is 24.4 Å². The third kappa shape index (κ3) is 2.88. The number of aliphatic hydroxyl groups is 2. The lowest BCUT2D eigenvalue weighted by Gasteiger charge is -2.15. The van der Waals surface area contributed by atoms with Gasteiger partial charge < -0.3 is 20.7 Å². The van der Waals surface area contributed by atoms with Gasteiger partial charge in [0.25, 0.3) is 5.56 Å². The molecule has 1 aliphatic rings. The normalized spacial score (nSPS) is 27.7. The molecule has 0 aliphatic carbocycles. The van der Waals surface area contributed by atoms with Crippen molar-refractivity contribution in [3.63, 3.8) is 0 Å². The Morgan fingerprint density at radius 2 is 2.08 bits per heavy atom. The number of aliphatic hydroxyl groups excluding tert-OH is 2. The van der Waals surface area contributed by atoms with E-state index in [1.54, 1.807) is 0 Å². The number of nitrogens with two attached hydrogens (primary N) is 1. The number of nitrogens with zero attached hydrogens (tertiary/aromatic N) is 2. The molecule has 11 nitrogen and oxygen atoms in total. The van der Waals surface area contributed by atoms with Gasteiger partial charge in [-0.25, -0.2) is 0 Å². The highest BCUT2D eigenvalue weighted by Gasteiger charge is 2.45. The molecule has 5 atom stereocenters. The molecule has 0 saturated carbocycles. The molecule has 24 heavy (non-hydrogen) atoms. The zero-order valence-corrected chi connectivity index (χ0v) is 13.7. The molecule has 0 spiro atoms. The standard InChI is InChI=1S/C11H13N4O7PS/c12-10-13-7-6(8(18)14-10)24-11(19)15(7)9-5(17)4(16)3(22-9)1-2-23(20)21/h3-5,9,16-17H,1-2H2,(H3-,12,13,14,18,20,21)/p+1. The maximum absolute atomic E-state index is 12.2. The number of hydrogen-bond acceptors (Lipinski definition) is 9. The first-order valence-electron chi connectivity index (χ1n) is 6.85. The van der Waals surface area contributed by atoms with Crippen LogP contribution in [-0.2, 0) is 9.30 Å². The fraction of sp³-hybridized carbons (Fsp3) is 0.545. The number of rotatable bonds is 4. The predicted molar refractivity (Wildman–Crippen MR) is 84.1 cm³/mol. The molecule has 2 aromatic rings. The Balaban J connectivity index is 2.01. The average Bonchev–Trinajstić information content (AvgIpc) is 2.96. The lowest BCUT2D eigenvalue weighted by molar-refractivity contribution is -0.0363. The number of ether oxygens (including phenoxy) is 1. The molecule has 3 rings (SSSR count). The van der Waals surface area contributed by atoms with Crippen molar-refractivity contribution in [1.82, 2.24) is 14.5 Å². The quantitative estimate of drug-likeness (QED) is 0.395. The van der Waals surface area contributed by atoms with Crippen molar-refractivity contribution in [3.8, 4) is 0 Å². The first-order valence-corrected chi connectivity index (χ1v) is 9.07. The number of nitrogens with one attached hydrogen (secondary N) is 1. The van der Waals surface area contributed by atoms with Crippen LogP contribution >= 0.6 is 19.4 Å². The Hall–Kier alpha value is -1.69. The van der Waals surface area contributed by atoms with E-state index in [2.05, 4.69) is 9.97 Å². The van der Waals surface area contributed by atoms with Gasteiger partial charge in [-0.1, -0.05) is 11.3 Å². The molecule has 0 radical (unpaired) electrons. The van der Waals surface area contributed by atoms with Gasteiger partial charge in [0.05, 0.1) is 6.10 Å². The minimum Gasteiger partial charge on any atom is -0.388 e. The zero-order valence-electron chi connectivity index (χ0n) is 12.0. The highest BCUT2D eigenvalue weighted by Crippen LogP contribution is 2.33. The summed E-state index contributed by atoms with van der Waals surface area (Å²) in [6.07, 6.45) is -5.14. The van der Waals surface area contributed by atoms with Gasteiger partial charge in [0.2, 0.25) is 5.95 Å². The van der Waals surface area contributed by atoms with Gasteiger partial charge in [0.15, 0.2) is 18.0 Å². The minimum absolute atomic E-state index is 0.0152. The van der Waals surface area contributed by atoms with Crippen molar-refractivity contribution in [3.05, 3.63) is 20.0 Å². The van der Waals surface area contributed by atoms with Crippen LogP contribution in [0.4, 0.5) is 5.95 Å². The van der Waals surface area contributed by atoms with Crippen molar-refractivity contribution in [2.45, 2.75) is 31.0 Å². The van der Waals surface area contributed by atoms with Crippen LogP contribution in [0.15, 0.2) is 9.59 Å². The number of hydrogen-bond donors (Lipinski definition) is 5. The Morgan fingerprint density at radius 3 is 2.75 bits per heavy atom. The summed E-state index contributed by atoms with van der Waals surface area (Å²) in [6.45, 7) is 0. The maximum Gasteiger partial charge on any atom is 0.505 e. The number of aromatic nitrogens is 3. The Labute approximate surface area is 138 Å².